The Hall–Kier alpha value is -2.87. The van der Waals surface area contributed by atoms with Crippen LogP contribution in [0.25, 0.3) is 6.08 Å². The first kappa shape index (κ1) is 15.2. The summed E-state index contributed by atoms with van der Waals surface area (Å²) in [6, 6.07) is 3.44. The van der Waals surface area contributed by atoms with Crippen LogP contribution in [0, 0.1) is 0 Å². The number of carbonyl (C=O) groups is 3. The Bertz CT molecular complexity index is 587. The summed E-state index contributed by atoms with van der Waals surface area (Å²) in [5, 5.41) is 44.8. The third-order valence-electron chi connectivity index (χ3n) is 2.40. The number of phenolic OH excluding ortho intramolecular Hbond substituents is 2. The summed E-state index contributed by atoms with van der Waals surface area (Å²) in [6.45, 7) is 0. The Morgan fingerprint density at radius 2 is 1.55 bits per heavy atom. The first-order valence-electron chi connectivity index (χ1n) is 5.13. The molecule has 8 nitrogen and oxygen atoms in total. The zero-order chi connectivity index (χ0) is 15.5. The highest BCUT2D eigenvalue weighted by Crippen LogP contribution is 2.25. The van der Waals surface area contributed by atoms with E-state index in [0.717, 1.165) is 18.2 Å². The molecule has 0 unspecified atom stereocenters. The van der Waals surface area contributed by atoms with E-state index >= 15 is 0 Å². The van der Waals surface area contributed by atoms with Gasteiger partial charge in [-0.1, -0.05) is 12.1 Å². The van der Waals surface area contributed by atoms with Crippen molar-refractivity contribution in [1.29, 1.82) is 0 Å². The number of carboxylic acids is 2. The first-order valence-corrected chi connectivity index (χ1v) is 5.13. The number of aliphatic hydroxyl groups is 1. The molecule has 106 valence electrons. The molecule has 20 heavy (non-hydrogen) atoms. The maximum atomic E-state index is 11.5. The highest BCUT2D eigenvalue weighted by molar-refractivity contribution is 6.26. The van der Waals surface area contributed by atoms with Crippen LogP contribution in [0.2, 0.25) is 0 Å². The van der Waals surface area contributed by atoms with Crippen LogP contribution in [0.15, 0.2) is 24.3 Å². The summed E-state index contributed by atoms with van der Waals surface area (Å²) >= 11 is 0. The number of rotatable bonds is 5. The van der Waals surface area contributed by atoms with Gasteiger partial charge >= 0.3 is 17.5 Å². The van der Waals surface area contributed by atoms with E-state index in [1.807, 2.05) is 0 Å². The third kappa shape index (κ3) is 2.75. The molecule has 0 saturated carbocycles. The van der Waals surface area contributed by atoms with Crippen molar-refractivity contribution in [2.45, 2.75) is 5.60 Å². The quantitative estimate of drug-likeness (QED) is 0.277. The molecule has 0 aliphatic heterocycles. The predicted octanol–water partition coefficient (Wildman–Crippen LogP) is -0.420. The summed E-state index contributed by atoms with van der Waals surface area (Å²) in [5.74, 6) is -6.88. The van der Waals surface area contributed by atoms with Gasteiger partial charge < -0.3 is 25.5 Å². The molecule has 0 saturated heterocycles. The molecule has 1 aromatic rings. The molecule has 0 aromatic heterocycles. The second-order valence-electron chi connectivity index (χ2n) is 3.77. The lowest BCUT2D eigenvalue weighted by Gasteiger charge is -2.14. The van der Waals surface area contributed by atoms with E-state index in [1.54, 1.807) is 0 Å². The minimum Gasteiger partial charge on any atom is -0.504 e. The van der Waals surface area contributed by atoms with Crippen LogP contribution in [-0.2, 0) is 14.4 Å². The number of hydrogen-bond acceptors (Lipinski definition) is 6. The van der Waals surface area contributed by atoms with Crippen molar-refractivity contribution < 1.29 is 39.9 Å². The van der Waals surface area contributed by atoms with Gasteiger partial charge in [0, 0.05) is 0 Å². The Balaban J connectivity index is 3.05. The molecule has 1 rings (SSSR count). The average molecular weight is 282 g/mol. The molecule has 0 aliphatic rings. The van der Waals surface area contributed by atoms with Gasteiger partial charge in [-0.05, 0) is 23.8 Å². The van der Waals surface area contributed by atoms with Crippen LogP contribution in [0.3, 0.4) is 0 Å². The summed E-state index contributed by atoms with van der Waals surface area (Å²) in [4.78, 5) is 32.8. The summed E-state index contributed by atoms with van der Waals surface area (Å²) < 4.78 is 0. The Kier molecular flexibility index (Phi) is 4.11. The number of carboxylic acid groups (broad SMARTS) is 2. The highest BCUT2D eigenvalue weighted by atomic mass is 16.5. The topological polar surface area (TPSA) is 152 Å². The number of carbonyl (C=O) groups excluding carboxylic acids is 1. The van der Waals surface area contributed by atoms with Crippen LogP contribution in [0.4, 0.5) is 0 Å². The van der Waals surface area contributed by atoms with Gasteiger partial charge in [0.2, 0.25) is 5.78 Å². The number of hydrogen-bond donors (Lipinski definition) is 5. The molecule has 1 aromatic carbocycles. The van der Waals surface area contributed by atoms with Crippen molar-refractivity contribution in [1.82, 2.24) is 0 Å². The van der Waals surface area contributed by atoms with Crippen LogP contribution < -0.4 is 0 Å². The van der Waals surface area contributed by atoms with Gasteiger partial charge in [-0.3, -0.25) is 4.79 Å². The van der Waals surface area contributed by atoms with Crippen molar-refractivity contribution in [3.05, 3.63) is 29.8 Å². The van der Waals surface area contributed by atoms with Gasteiger partial charge in [0.05, 0.1) is 0 Å². The molecular formula is C12H10O8. The Labute approximate surface area is 111 Å². The molecule has 8 heteroatoms. The summed E-state index contributed by atoms with van der Waals surface area (Å²) in [5.41, 5.74) is -3.39. The molecule has 0 bridgehead atoms. The molecule has 0 spiro atoms. The van der Waals surface area contributed by atoms with Gasteiger partial charge in [0.15, 0.2) is 11.5 Å². The monoisotopic (exact) mass is 282 g/mol. The van der Waals surface area contributed by atoms with E-state index in [1.165, 1.54) is 6.07 Å². The fourth-order valence-corrected chi connectivity index (χ4v) is 1.24. The van der Waals surface area contributed by atoms with Gasteiger partial charge in [0.25, 0.3) is 0 Å². The van der Waals surface area contributed by atoms with Crippen LogP contribution >= 0.6 is 0 Å². The first-order chi connectivity index (χ1) is 9.19. The van der Waals surface area contributed by atoms with Crippen molar-refractivity contribution >= 4 is 23.8 Å². The van der Waals surface area contributed by atoms with Crippen LogP contribution in [0.5, 0.6) is 11.5 Å². The van der Waals surface area contributed by atoms with Gasteiger partial charge in [-0.25, -0.2) is 9.59 Å². The normalized spacial score (nSPS) is 11.4. The zero-order valence-electron chi connectivity index (χ0n) is 9.85. The summed E-state index contributed by atoms with van der Waals surface area (Å²) in [7, 11) is 0. The standard InChI is InChI=1S/C12H10O8/c13-7-3-1-6(5-8(7)14)2-4-9(15)12(20,10(16)17)11(18)19/h1-5,13-14,20H,(H,16,17)(H,18,19)/b4-2+. The molecule has 0 fully saturated rings. The Morgan fingerprint density at radius 1 is 1.00 bits per heavy atom. The maximum Gasteiger partial charge on any atom is 0.356 e. The lowest BCUT2D eigenvalue weighted by Crippen LogP contribution is -2.52. The Morgan fingerprint density at radius 3 is 2.00 bits per heavy atom. The number of aromatic hydroxyl groups is 2. The van der Waals surface area contributed by atoms with Crippen molar-refractivity contribution in [2.24, 2.45) is 0 Å². The number of benzene rings is 1. The lowest BCUT2D eigenvalue weighted by molar-refractivity contribution is -0.177. The van der Waals surface area contributed by atoms with Crippen molar-refractivity contribution in [3.8, 4) is 11.5 Å². The van der Waals surface area contributed by atoms with Crippen LogP contribution in [0.1, 0.15) is 5.56 Å². The average Bonchev–Trinajstić information content (AvgIpc) is 2.38. The molecule has 0 atom stereocenters. The smallest absolute Gasteiger partial charge is 0.356 e. The van der Waals surface area contributed by atoms with Gasteiger partial charge in [-0.2, -0.15) is 0 Å². The van der Waals surface area contributed by atoms with E-state index in [0.29, 0.717) is 6.08 Å². The minimum absolute atomic E-state index is 0.187. The fraction of sp³-hybridized carbons (Fsp3) is 0.0833. The number of ketones is 1. The van der Waals surface area contributed by atoms with Gasteiger partial charge in [-0.15, -0.1) is 0 Å². The molecular weight excluding hydrogens is 272 g/mol. The molecule has 0 radical (unpaired) electrons. The second-order valence-corrected chi connectivity index (χ2v) is 3.77. The SMILES string of the molecule is O=C(O)C(O)(C(=O)O)C(=O)/C=C/c1ccc(O)c(O)c1. The number of aliphatic carboxylic acids is 2. The molecule has 5 N–H and O–H groups in total. The molecule has 0 heterocycles. The fourth-order valence-electron chi connectivity index (χ4n) is 1.24. The van der Waals surface area contributed by atoms with Crippen molar-refractivity contribution in [3.63, 3.8) is 0 Å². The number of phenols is 2. The lowest BCUT2D eigenvalue weighted by atomic mass is 9.98. The van der Waals surface area contributed by atoms with E-state index in [2.05, 4.69) is 0 Å². The van der Waals surface area contributed by atoms with Gasteiger partial charge in [0.1, 0.15) is 0 Å². The predicted molar refractivity (Wildman–Crippen MR) is 64.0 cm³/mol. The highest BCUT2D eigenvalue weighted by Gasteiger charge is 2.51. The van der Waals surface area contributed by atoms with E-state index < -0.39 is 34.8 Å². The van der Waals surface area contributed by atoms with Crippen LogP contribution in [-0.4, -0.2) is 48.9 Å². The maximum absolute atomic E-state index is 11.5. The zero-order valence-corrected chi connectivity index (χ0v) is 9.85. The van der Waals surface area contributed by atoms with Crippen molar-refractivity contribution in [2.75, 3.05) is 0 Å². The van der Waals surface area contributed by atoms with E-state index in [4.69, 9.17) is 15.3 Å². The minimum atomic E-state index is -3.57. The van der Waals surface area contributed by atoms with E-state index in [9.17, 15) is 24.6 Å². The summed E-state index contributed by atoms with van der Waals surface area (Å²) in [6.07, 6.45) is 1.53. The molecule has 0 aliphatic carbocycles. The largest absolute Gasteiger partial charge is 0.504 e. The van der Waals surface area contributed by atoms with E-state index in [-0.39, 0.29) is 5.56 Å². The molecule has 0 amide bonds. The third-order valence-corrected chi connectivity index (χ3v) is 2.40. The second kappa shape index (κ2) is 5.41.